The van der Waals surface area contributed by atoms with E-state index in [2.05, 4.69) is 0 Å². The molecule has 2 aliphatic rings. The number of hydrogen-bond acceptors (Lipinski definition) is 11. The van der Waals surface area contributed by atoms with Gasteiger partial charge in [-0.15, -0.1) is 0 Å². The quantitative estimate of drug-likeness (QED) is 0.187. The number of Topliss-reactive ketones (excluding diaryl/α,β-unsaturated/α-hetero) is 1. The minimum atomic E-state index is -2.15. The number of aromatic hydroxyl groups is 4. The van der Waals surface area contributed by atoms with Gasteiger partial charge in [0.1, 0.15) is 34.1 Å². The summed E-state index contributed by atoms with van der Waals surface area (Å²) in [6.07, 6.45) is -1.37. The maximum Gasteiger partial charge on any atom is 0.393 e. The molecular formula is C26H21O12+. The molecule has 0 unspecified atom stereocenters. The average Bonchev–Trinajstić information content (AvgIpc) is 3.13. The minimum Gasteiger partial charge on any atom is -0.506 e. The molecule has 3 aromatic rings. The summed E-state index contributed by atoms with van der Waals surface area (Å²) in [5.41, 5.74) is -4.74. The van der Waals surface area contributed by atoms with E-state index in [0.717, 1.165) is 6.08 Å². The van der Waals surface area contributed by atoms with Crippen LogP contribution in [0.15, 0.2) is 33.2 Å². The first-order chi connectivity index (χ1) is 17.8. The number of carbonyl (C=O) groups is 2. The lowest BCUT2D eigenvalue weighted by molar-refractivity contribution is -0.0143. The molecule has 0 saturated carbocycles. The van der Waals surface area contributed by atoms with Crippen LogP contribution in [0, 0.1) is 6.92 Å². The smallest absolute Gasteiger partial charge is 0.393 e. The van der Waals surface area contributed by atoms with Gasteiger partial charge in [-0.25, -0.2) is 4.79 Å². The molecule has 1 aliphatic carbocycles. The molecule has 0 amide bonds. The number of carbonyl (C=O) groups excluding carboxylic acids is 3. The molecule has 38 heavy (non-hydrogen) atoms. The van der Waals surface area contributed by atoms with Crippen LogP contribution in [0.1, 0.15) is 44.5 Å². The van der Waals surface area contributed by atoms with E-state index in [9.17, 15) is 44.7 Å². The van der Waals surface area contributed by atoms with Gasteiger partial charge < -0.3 is 39.4 Å². The van der Waals surface area contributed by atoms with Gasteiger partial charge >= 0.3 is 11.4 Å². The van der Waals surface area contributed by atoms with Crippen LogP contribution in [0.25, 0.3) is 10.8 Å². The predicted molar refractivity (Wildman–Crippen MR) is 129 cm³/mol. The van der Waals surface area contributed by atoms with Crippen LogP contribution >= 0.6 is 0 Å². The fourth-order valence-corrected chi connectivity index (χ4v) is 4.81. The Kier molecular flexibility index (Phi) is 5.28. The highest BCUT2D eigenvalue weighted by atomic mass is 16.5. The van der Waals surface area contributed by atoms with Crippen LogP contribution in [0.3, 0.4) is 0 Å². The van der Waals surface area contributed by atoms with Crippen molar-refractivity contribution in [1.82, 2.24) is 0 Å². The van der Waals surface area contributed by atoms with Crippen molar-refractivity contribution in [1.29, 1.82) is 0 Å². The van der Waals surface area contributed by atoms with E-state index in [1.807, 2.05) is 0 Å². The highest BCUT2D eigenvalue weighted by Gasteiger charge is 2.55. The van der Waals surface area contributed by atoms with Gasteiger partial charge in [-0.2, -0.15) is 0 Å². The molecule has 0 spiro atoms. The Bertz CT molecular complexity index is 1710. The number of hydrogen-bond donors (Lipinski definition) is 5. The summed E-state index contributed by atoms with van der Waals surface area (Å²) in [7, 11) is 1.17. The number of aryl methyl sites for hydroxylation is 1. The summed E-state index contributed by atoms with van der Waals surface area (Å²) in [6.45, 7) is 2.67. The molecule has 2 aromatic carbocycles. The predicted octanol–water partition coefficient (Wildman–Crippen LogP) is 1.48. The van der Waals surface area contributed by atoms with Gasteiger partial charge in [-0.05, 0) is 31.4 Å². The molecule has 2 heterocycles. The van der Waals surface area contributed by atoms with Gasteiger partial charge in [-0.1, -0.05) is 0 Å². The zero-order valence-electron chi connectivity index (χ0n) is 20.1. The van der Waals surface area contributed by atoms with Crippen molar-refractivity contribution in [2.75, 3.05) is 7.11 Å². The summed E-state index contributed by atoms with van der Waals surface area (Å²) in [5.74, 6) is -6.39. The number of benzene rings is 2. The van der Waals surface area contributed by atoms with Crippen molar-refractivity contribution in [2.45, 2.75) is 32.0 Å². The standard InChI is InChI=1S/C26H20O12/c1-8-4-9-5-10(18(29)21(32)14(9)25(35)37-8)6-13(28)26(2)24(34)17-20(31)15-11(27)7-12(36-3)19(30)16(15)22(33)23(17)38-26/h4-5,7,13,28-29,31-33H,6H2,1-3H3/p+1/t13-,26+/m0/s1. The fourth-order valence-electron chi connectivity index (χ4n) is 4.81. The summed E-state index contributed by atoms with van der Waals surface area (Å²) in [6, 6.07) is 2.76. The molecule has 1 aliphatic heterocycles. The molecule has 12 nitrogen and oxygen atoms in total. The molecule has 0 fully saturated rings. The number of aliphatic hydroxyl groups excluding tert-OH is 1. The Morgan fingerprint density at radius 1 is 1.00 bits per heavy atom. The van der Waals surface area contributed by atoms with Crippen molar-refractivity contribution in [3.05, 3.63) is 62.4 Å². The van der Waals surface area contributed by atoms with Crippen LogP contribution in [0.4, 0.5) is 0 Å². The SMILES string of the molecule is COC1=CC(=O)c2c(O)c3c(c(O)c2C1=[OH+])O[C@](C)([C@@H](O)Cc1cc2cc(C)oc(=O)c2c(O)c1O)C3=O. The van der Waals surface area contributed by atoms with Gasteiger partial charge in [0.2, 0.25) is 11.5 Å². The molecule has 12 heteroatoms. The van der Waals surface area contributed by atoms with Crippen LogP contribution in [0.2, 0.25) is 0 Å². The van der Waals surface area contributed by atoms with Gasteiger partial charge in [0.05, 0.1) is 12.7 Å². The highest BCUT2D eigenvalue weighted by Crippen LogP contribution is 2.52. The number of rotatable bonds is 4. The normalized spacial score (nSPS) is 19.2. The van der Waals surface area contributed by atoms with Gasteiger partial charge in [0.15, 0.2) is 34.4 Å². The summed E-state index contributed by atoms with van der Waals surface area (Å²) in [4.78, 5) is 48.7. The second-order valence-electron chi connectivity index (χ2n) is 9.18. The molecule has 0 saturated heterocycles. The van der Waals surface area contributed by atoms with E-state index < -0.39 is 86.5 Å². The maximum absolute atomic E-state index is 13.4. The Labute approximate surface area is 212 Å². The minimum absolute atomic E-state index is 0.0519. The maximum atomic E-state index is 13.4. The molecule has 0 bridgehead atoms. The Hall–Kier alpha value is -4.84. The van der Waals surface area contributed by atoms with Crippen LogP contribution < -0.4 is 10.4 Å². The zero-order chi connectivity index (χ0) is 27.8. The second-order valence-corrected chi connectivity index (χ2v) is 9.18. The molecule has 6 N–H and O–H groups in total. The first kappa shape index (κ1) is 24.8. The molecule has 196 valence electrons. The van der Waals surface area contributed by atoms with E-state index in [1.165, 1.54) is 33.1 Å². The van der Waals surface area contributed by atoms with E-state index in [1.54, 1.807) is 0 Å². The molecule has 0 radical (unpaired) electrons. The topological polar surface area (TPSA) is 205 Å². The number of fused-ring (bicyclic) bond motifs is 3. The monoisotopic (exact) mass is 525 g/mol. The van der Waals surface area contributed by atoms with Crippen LogP contribution in [-0.2, 0) is 11.2 Å². The van der Waals surface area contributed by atoms with Crippen LogP contribution in [0.5, 0.6) is 28.7 Å². The fraction of sp³-hybridized carbons (Fsp3) is 0.231. The Morgan fingerprint density at radius 3 is 2.34 bits per heavy atom. The number of ether oxygens (including phenoxy) is 2. The first-order valence-electron chi connectivity index (χ1n) is 11.2. The first-order valence-corrected chi connectivity index (χ1v) is 11.2. The number of phenolic OH excluding ortho intramolecular Hbond substituents is 4. The van der Waals surface area contributed by atoms with E-state index >= 15 is 0 Å². The summed E-state index contributed by atoms with van der Waals surface area (Å²) in [5, 5.41) is 53.6. The lowest BCUT2D eigenvalue weighted by atomic mass is 9.84. The Morgan fingerprint density at radius 2 is 1.68 bits per heavy atom. The van der Waals surface area contributed by atoms with E-state index in [0.29, 0.717) is 0 Å². The largest absolute Gasteiger partial charge is 0.506 e. The number of aliphatic hydroxyl groups is 1. The lowest BCUT2D eigenvalue weighted by Crippen LogP contribution is -2.49. The molecule has 1 aromatic heterocycles. The average molecular weight is 525 g/mol. The third-order valence-electron chi connectivity index (χ3n) is 6.84. The number of phenols is 4. The van der Waals surface area contributed by atoms with Gasteiger partial charge in [0, 0.05) is 18.1 Å². The number of methoxy groups -OCH3 is 1. The summed E-state index contributed by atoms with van der Waals surface area (Å²) < 4.78 is 15.5. The third kappa shape index (κ3) is 3.20. The lowest BCUT2D eigenvalue weighted by Gasteiger charge is -2.28. The molecule has 5 rings (SSSR count). The molecular weight excluding hydrogens is 504 g/mol. The van der Waals surface area contributed by atoms with Crippen molar-refractivity contribution in [3.8, 4) is 28.7 Å². The van der Waals surface area contributed by atoms with E-state index in [-0.39, 0.29) is 27.9 Å². The highest BCUT2D eigenvalue weighted by molar-refractivity contribution is 6.28. The zero-order valence-corrected chi connectivity index (χ0v) is 20.1. The van der Waals surface area contributed by atoms with Gasteiger partial charge in [-0.3, -0.25) is 14.4 Å². The number of ketones is 3. The van der Waals surface area contributed by atoms with Crippen molar-refractivity contribution >= 4 is 28.1 Å². The van der Waals surface area contributed by atoms with Crippen molar-refractivity contribution in [2.24, 2.45) is 0 Å². The van der Waals surface area contributed by atoms with Gasteiger partial charge in [0.25, 0.3) is 0 Å². The summed E-state index contributed by atoms with van der Waals surface area (Å²) >= 11 is 0. The Balaban J connectivity index is 1.58. The molecule has 2 atom stereocenters. The number of allylic oxidation sites excluding steroid dienone is 2. The van der Waals surface area contributed by atoms with Crippen molar-refractivity contribution < 1.29 is 53.8 Å². The van der Waals surface area contributed by atoms with E-state index in [4.69, 9.17) is 13.9 Å². The van der Waals surface area contributed by atoms with Crippen LogP contribution in [-0.4, -0.2) is 66.5 Å². The van der Waals surface area contributed by atoms with Crippen molar-refractivity contribution in [3.63, 3.8) is 0 Å². The second kappa shape index (κ2) is 8.08. The third-order valence-corrected chi connectivity index (χ3v) is 6.84.